The number of amides is 1. The number of anilines is 1. The van der Waals surface area contributed by atoms with Crippen molar-refractivity contribution in [2.75, 3.05) is 5.32 Å². The van der Waals surface area contributed by atoms with Gasteiger partial charge in [0.25, 0.3) is 0 Å². The van der Waals surface area contributed by atoms with Crippen molar-refractivity contribution in [1.29, 1.82) is 0 Å². The number of hydrogen-bond donors (Lipinski definition) is 1. The number of halogens is 2. The second-order valence-corrected chi connectivity index (χ2v) is 7.35. The molecular formula is C18H16ClFN4OS. The molecule has 1 N–H and O–H groups in total. The van der Waals surface area contributed by atoms with Crippen LogP contribution < -0.4 is 5.32 Å². The second-order valence-electron chi connectivity index (χ2n) is 5.60. The van der Waals surface area contributed by atoms with E-state index in [0.29, 0.717) is 11.0 Å². The van der Waals surface area contributed by atoms with Crippen LogP contribution in [0.3, 0.4) is 0 Å². The molecule has 8 heteroatoms. The third-order valence-corrected chi connectivity index (χ3v) is 5.08. The molecule has 134 valence electrons. The fourth-order valence-corrected chi connectivity index (χ4v) is 3.27. The van der Waals surface area contributed by atoms with E-state index in [-0.39, 0.29) is 16.6 Å². The van der Waals surface area contributed by atoms with Gasteiger partial charge >= 0.3 is 0 Å². The normalized spacial score (nSPS) is 12.0. The number of rotatable bonds is 5. The predicted molar refractivity (Wildman–Crippen MR) is 102 cm³/mol. The van der Waals surface area contributed by atoms with Crippen LogP contribution in [0.2, 0.25) is 5.02 Å². The van der Waals surface area contributed by atoms with Crippen LogP contribution in [-0.2, 0) is 11.8 Å². The number of thioether (sulfide) groups is 1. The van der Waals surface area contributed by atoms with Gasteiger partial charge in [0.2, 0.25) is 5.91 Å². The number of carbonyl (C=O) groups excluding carboxylic acids is 1. The quantitative estimate of drug-likeness (QED) is 0.656. The summed E-state index contributed by atoms with van der Waals surface area (Å²) in [5.74, 6) is -0.196. The predicted octanol–water partition coefficient (Wildman–Crippen LogP) is 4.39. The van der Waals surface area contributed by atoms with Crippen molar-refractivity contribution in [3.63, 3.8) is 0 Å². The highest BCUT2D eigenvalue weighted by Gasteiger charge is 2.20. The Bertz CT molecular complexity index is 932. The van der Waals surface area contributed by atoms with Crippen LogP contribution in [0, 0.1) is 5.82 Å². The summed E-state index contributed by atoms with van der Waals surface area (Å²) in [4.78, 5) is 12.4. The lowest BCUT2D eigenvalue weighted by Gasteiger charge is -2.12. The van der Waals surface area contributed by atoms with Crippen LogP contribution in [0.1, 0.15) is 6.92 Å². The Balaban J connectivity index is 1.71. The molecule has 1 unspecified atom stereocenters. The molecule has 0 saturated carbocycles. The molecular weight excluding hydrogens is 375 g/mol. The second kappa shape index (κ2) is 7.88. The van der Waals surface area contributed by atoms with E-state index in [9.17, 15) is 9.18 Å². The summed E-state index contributed by atoms with van der Waals surface area (Å²) in [5.41, 5.74) is 1.03. The van der Waals surface area contributed by atoms with Gasteiger partial charge < -0.3 is 9.88 Å². The average Bonchev–Trinajstić information content (AvgIpc) is 2.98. The van der Waals surface area contributed by atoms with Gasteiger partial charge in [0.05, 0.1) is 10.9 Å². The zero-order valence-electron chi connectivity index (χ0n) is 14.1. The van der Waals surface area contributed by atoms with Gasteiger partial charge in [-0.3, -0.25) is 4.79 Å². The lowest BCUT2D eigenvalue weighted by molar-refractivity contribution is -0.115. The minimum Gasteiger partial charge on any atom is -0.323 e. The standard InChI is InChI=1S/C18H16ClFN4OS/c1-11(17(25)21-15-9-8-13(19)10-14(15)20)26-18-23-22-16(24(18)2)12-6-4-3-5-7-12/h3-11H,1-2H3,(H,21,25). The smallest absolute Gasteiger partial charge is 0.237 e. The highest BCUT2D eigenvalue weighted by atomic mass is 35.5. The van der Waals surface area contributed by atoms with Crippen molar-refractivity contribution in [1.82, 2.24) is 14.8 Å². The third-order valence-electron chi connectivity index (χ3n) is 3.71. The van der Waals surface area contributed by atoms with Crippen LogP contribution >= 0.6 is 23.4 Å². The van der Waals surface area contributed by atoms with E-state index < -0.39 is 11.1 Å². The molecule has 0 spiro atoms. The molecule has 1 aromatic heterocycles. The molecule has 0 aliphatic carbocycles. The van der Waals surface area contributed by atoms with Crippen molar-refractivity contribution in [3.05, 3.63) is 59.4 Å². The zero-order chi connectivity index (χ0) is 18.7. The van der Waals surface area contributed by atoms with Crippen LogP contribution in [0.15, 0.2) is 53.7 Å². The van der Waals surface area contributed by atoms with Crippen molar-refractivity contribution in [2.24, 2.45) is 7.05 Å². The maximum absolute atomic E-state index is 13.8. The first kappa shape index (κ1) is 18.4. The molecule has 0 aliphatic heterocycles. The first-order valence-electron chi connectivity index (χ1n) is 7.83. The minimum absolute atomic E-state index is 0.0924. The molecule has 3 rings (SSSR count). The van der Waals surface area contributed by atoms with E-state index in [1.807, 2.05) is 41.9 Å². The molecule has 1 atom stereocenters. The van der Waals surface area contributed by atoms with Crippen LogP contribution in [0.5, 0.6) is 0 Å². The molecule has 0 radical (unpaired) electrons. The molecule has 0 aliphatic rings. The van der Waals surface area contributed by atoms with E-state index in [1.54, 1.807) is 6.92 Å². The number of aromatic nitrogens is 3. The first-order valence-corrected chi connectivity index (χ1v) is 9.09. The van der Waals surface area contributed by atoms with Gasteiger partial charge in [0, 0.05) is 17.6 Å². The largest absolute Gasteiger partial charge is 0.323 e. The Kier molecular flexibility index (Phi) is 5.58. The Labute approximate surface area is 159 Å². The molecule has 26 heavy (non-hydrogen) atoms. The summed E-state index contributed by atoms with van der Waals surface area (Å²) in [7, 11) is 1.84. The number of carbonyl (C=O) groups is 1. The summed E-state index contributed by atoms with van der Waals surface area (Å²) in [6.07, 6.45) is 0. The van der Waals surface area contributed by atoms with E-state index in [1.165, 1.54) is 23.9 Å². The molecule has 0 fully saturated rings. The van der Waals surface area contributed by atoms with E-state index >= 15 is 0 Å². The van der Waals surface area contributed by atoms with Gasteiger partial charge in [-0.15, -0.1) is 10.2 Å². The Morgan fingerprint density at radius 2 is 1.96 bits per heavy atom. The van der Waals surface area contributed by atoms with Crippen LogP contribution in [0.25, 0.3) is 11.4 Å². The van der Waals surface area contributed by atoms with Crippen LogP contribution in [0.4, 0.5) is 10.1 Å². The Morgan fingerprint density at radius 3 is 2.65 bits per heavy atom. The molecule has 0 saturated heterocycles. The summed E-state index contributed by atoms with van der Waals surface area (Å²) >= 11 is 6.97. The van der Waals surface area contributed by atoms with Gasteiger partial charge in [0.1, 0.15) is 5.82 Å². The fraction of sp³-hybridized carbons (Fsp3) is 0.167. The maximum Gasteiger partial charge on any atom is 0.237 e. The van der Waals surface area contributed by atoms with E-state index in [2.05, 4.69) is 15.5 Å². The lowest BCUT2D eigenvalue weighted by Crippen LogP contribution is -2.23. The molecule has 3 aromatic rings. The van der Waals surface area contributed by atoms with Crippen molar-refractivity contribution in [3.8, 4) is 11.4 Å². The highest BCUT2D eigenvalue weighted by Crippen LogP contribution is 2.27. The molecule has 1 heterocycles. The minimum atomic E-state index is -0.576. The first-order chi connectivity index (χ1) is 12.5. The topological polar surface area (TPSA) is 59.8 Å². The summed E-state index contributed by atoms with van der Waals surface area (Å²) in [5, 5.41) is 11.3. The number of hydrogen-bond acceptors (Lipinski definition) is 4. The van der Waals surface area contributed by atoms with E-state index in [4.69, 9.17) is 11.6 Å². The van der Waals surface area contributed by atoms with Gasteiger partial charge in [-0.2, -0.15) is 0 Å². The van der Waals surface area contributed by atoms with Gasteiger partial charge in [-0.25, -0.2) is 4.39 Å². The fourth-order valence-electron chi connectivity index (χ4n) is 2.29. The summed E-state index contributed by atoms with van der Waals surface area (Å²) < 4.78 is 15.6. The average molecular weight is 391 g/mol. The highest BCUT2D eigenvalue weighted by molar-refractivity contribution is 8.00. The molecule has 5 nitrogen and oxygen atoms in total. The number of benzene rings is 2. The SMILES string of the molecule is CC(Sc1nnc(-c2ccccc2)n1C)C(=O)Nc1ccc(Cl)cc1F. The number of nitrogens with one attached hydrogen (secondary N) is 1. The third kappa shape index (κ3) is 4.05. The van der Waals surface area contributed by atoms with Gasteiger partial charge in [-0.05, 0) is 25.1 Å². The molecule has 0 bridgehead atoms. The Morgan fingerprint density at radius 1 is 1.23 bits per heavy atom. The summed E-state index contributed by atoms with van der Waals surface area (Å²) in [6.45, 7) is 1.73. The zero-order valence-corrected chi connectivity index (χ0v) is 15.7. The van der Waals surface area contributed by atoms with Crippen LogP contribution in [-0.4, -0.2) is 25.9 Å². The Hall–Kier alpha value is -2.38. The summed E-state index contributed by atoms with van der Waals surface area (Å²) in [6, 6.07) is 13.8. The van der Waals surface area contributed by atoms with Crippen molar-refractivity contribution < 1.29 is 9.18 Å². The maximum atomic E-state index is 13.8. The molecule has 2 aromatic carbocycles. The van der Waals surface area contributed by atoms with Gasteiger partial charge in [-0.1, -0.05) is 53.7 Å². The van der Waals surface area contributed by atoms with E-state index in [0.717, 1.165) is 11.6 Å². The van der Waals surface area contributed by atoms with Crippen molar-refractivity contribution >= 4 is 35.0 Å². The molecule has 1 amide bonds. The van der Waals surface area contributed by atoms with Gasteiger partial charge in [0.15, 0.2) is 11.0 Å². The number of nitrogens with zero attached hydrogens (tertiary/aromatic N) is 3. The monoisotopic (exact) mass is 390 g/mol. The lowest BCUT2D eigenvalue weighted by atomic mass is 10.2. The van der Waals surface area contributed by atoms with Crippen molar-refractivity contribution in [2.45, 2.75) is 17.3 Å².